The summed E-state index contributed by atoms with van der Waals surface area (Å²) in [6, 6.07) is 8.84. The molecule has 1 heterocycles. The lowest BCUT2D eigenvalue weighted by Gasteiger charge is -2.15. The molecule has 0 bridgehead atoms. The standard InChI is InChI=1S/C15H17NO4/c1-10(17)11-6-5-9-16-15(11)20-14-12(18-2)7-4-8-13(14)19-3/h4-10,17H,1-3H3. The van der Waals surface area contributed by atoms with Crippen LogP contribution in [0.15, 0.2) is 36.5 Å². The molecule has 1 aromatic carbocycles. The lowest BCUT2D eigenvalue weighted by Crippen LogP contribution is -2.00. The van der Waals surface area contributed by atoms with Crippen LogP contribution in [0.25, 0.3) is 0 Å². The molecule has 1 unspecified atom stereocenters. The fraction of sp³-hybridized carbons (Fsp3) is 0.267. The first-order valence-corrected chi connectivity index (χ1v) is 6.19. The van der Waals surface area contributed by atoms with Crippen LogP contribution in [0, 0.1) is 0 Å². The van der Waals surface area contributed by atoms with Gasteiger partial charge in [0.15, 0.2) is 11.5 Å². The van der Waals surface area contributed by atoms with Crippen molar-refractivity contribution in [3.8, 4) is 23.1 Å². The molecule has 2 aromatic rings. The number of aromatic nitrogens is 1. The Morgan fingerprint density at radius 2 is 1.70 bits per heavy atom. The fourth-order valence-electron chi connectivity index (χ4n) is 1.82. The summed E-state index contributed by atoms with van der Waals surface area (Å²) in [5.41, 5.74) is 0.598. The molecule has 0 aliphatic rings. The number of aliphatic hydroxyl groups is 1. The Morgan fingerprint density at radius 3 is 2.25 bits per heavy atom. The number of nitrogens with zero attached hydrogens (tertiary/aromatic N) is 1. The number of ether oxygens (including phenoxy) is 3. The number of rotatable bonds is 5. The molecule has 0 saturated carbocycles. The molecule has 0 amide bonds. The Balaban J connectivity index is 2.44. The highest BCUT2D eigenvalue weighted by atomic mass is 16.5. The second kappa shape index (κ2) is 6.25. The topological polar surface area (TPSA) is 60.8 Å². The lowest BCUT2D eigenvalue weighted by molar-refractivity contribution is 0.194. The number of hydrogen-bond donors (Lipinski definition) is 1. The highest BCUT2D eigenvalue weighted by Crippen LogP contribution is 2.40. The maximum Gasteiger partial charge on any atom is 0.225 e. The van der Waals surface area contributed by atoms with Crippen molar-refractivity contribution in [2.75, 3.05) is 14.2 Å². The summed E-state index contributed by atoms with van der Waals surface area (Å²) in [4.78, 5) is 4.15. The first-order chi connectivity index (χ1) is 9.67. The molecular weight excluding hydrogens is 258 g/mol. The largest absolute Gasteiger partial charge is 0.493 e. The van der Waals surface area contributed by atoms with Crippen molar-refractivity contribution in [2.45, 2.75) is 13.0 Å². The summed E-state index contributed by atoms with van der Waals surface area (Å²) < 4.78 is 16.3. The second-order valence-corrected chi connectivity index (χ2v) is 4.17. The van der Waals surface area contributed by atoms with Crippen LogP contribution in [-0.4, -0.2) is 24.3 Å². The van der Waals surface area contributed by atoms with E-state index < -0.39 is 6.10 Å². The average molecular weight is 275 g/mol. The van der Waals surface area contributed by atoms with Crippen LogP contribution in [-0.2, 0) is 0 Å². The summed E-state index contributed by atoms with van der Waals surface area (Å²) in [7, 11) is 3.10. The van der Waals surface area contributed by atoms with Crippen LogP contribution in [0.4, 0.5) is 0 Å². The number of pyridine rings is 1. The van der Waals surface area contributed by atoms with Crippen molar-refractivity contribution in [1.82, 2.24) is 4.98 Å². The van der Waals surface area contributed by atoms with Gasteiger partial charge < -0.3 is 19.3 Å². The van der Waals surface area contributed by atoms with Crippen LogP contribution in [0.5, 0.6) is 23.1 Å². The molecule has 20 heavy (non-hydrogen) atoms. The zero-order valence-electron chi connectivity index (χ0n) is 11.7. The van der Waals surface area contributed by atoms with Crippen molar-refractivity contribution >= 4 is 0 Å². The number of para-hydroxylation sites is 1. The highest BCUT2D eigenvalue weighted by Gasteiger charge is 2.16. The number of benzene rings is 1. The first kappa shape index (κ1) is 14.1. The quantitative estimate of drug-likeness (QED) is 0.909. The van der Waals surface area contributed by atoms with Gasteiger partial charge in [0.05, 0.1) is 20.3 Å². The van der Waals surface area contributed by atoms with E-state index in [0.717, 1.165) is 0 Å². The molecular formula is C15H17NO4. The molecule has 5 nitrogen and oxygen atoms in total. The Kier molecular flexibility index (Phi) is 4.42. The fourth-order valence-corrected chi connectivity index (χ4v) is 1.82. The molecule has 0 aliphatic heterocycles. The van der Waals surface area contributed by atoms with Gasteiger partial charge in [-0.25, -0.2) is 4.98 Å². The van der Waals surface area contributed by atoms with Gasteiger partial charge in [-0.15, -0.1) is 0 Å². The Bertz CT molecular complexity index is 562. The summed E-state index contributed by atoms with van der Waals surface area (Å²) in [6.45, 7) is 1.66. The van der Waals surface area contributed by atoms with E-state index in [1.807, 2.05) is 0 Å². The number of hydrogen-bond acceptors (Lipinski definition) is 5. The van der Waals surface area contributed by atoms with E-state index in [2.05, 4.69) is 4.98 Å². The molecule has 0 fully saturated rings. The molecule has 106 valence electrons. The molecule has 2 rings (SSSR count). The Hall–Kier alpha value is -2.27. The van der Waals surface area contributed by atoms with Gasteiger partial charge in [0.2, 0.25) is 11.6 Å². The van der Waals surface area contributed by atoms with Gasteiger partial charge in [0.1, 0.15) is 0 Å². The monoisotopic (exact) mass is 275 g/mol. The minimum atomic E-state index is -0.681. The van der Waals surface area contributed by atoms with Gasteiger partial charge >= 0.3 is 0 Å². The van der Waals surface area contributed by atoms with E-state index in [4.69, 9.17) is 14.2 Å². The maximum absolute atomic E-state index is 9.75. The molecule has 5 heteroatoms. The maximum atomic E-state index is 9.75. The van der Waals surface area contributed by atoms with Crippen LogP contribution in [0.3, 0.4) is 0 Å². The summed E-state index contributed by atoms with van der Waals surface area (Å²) in [5.74, 6) is 1.82. The highest BCUT2D eigenvalue weighted by molar-refractivity contribution is 5.53. The summed E-state index contributed by atoms with van der Waals surface area (Å²) in [6.07, 6.45) is 0.919. The van der Waals surface area contributed by atoms with E-state index in [1.54, 1.807) is 57.7 Å². The van der Waals surface area contributed by atoms with Gasteiger partial charge in [0, 0.05) is 11.8 Å². The van der Waals surface area contributed by atoms with Crippen LogP contribution in [0.1, 0.15) is 18.6 Å². The van der Waals surface area contributed by atoms with Gasteiger partial charge in [-0.1, -0.05) is 6.07 Å². The molecule has 0 aliphatic carbocycles. The average Bonchev–Trinajstić information content (AvgIpc) is 2.47. The third-order valence-electron chi connectivity index (χ3n) is 2.83. The van der Waals surface area contributed by atoms with E-state index in [0.29, 0.717) is 28.7 Å². The SMILES string of the molecule is COc1cccc(OC)c1Oc1ncccc1C(C)O. The third kappa shape index (κ3) is 2.83. The van der Waals surface area contributed by atoms with Crippen molar-refractivity contribution in [1.29, 1.82) is 0 Å². The molecule has 1 N–H and O–H groups in total. The van der Waals surface area contributed by atoms with Crippen LogP contribution >= 0.6 is 0 Å². The van der Waals surface area contributed by atoms with E-state index in [1.165, 1.54) is 0 Å². The minimum absolute atomic E-state index is 0.324. The number of methoxy groups -OCH3 is 2. The van der Waals surface area contributed by atoms with Gasteiger partial charge in [-0.3, -0.25) is 0 Å². The lowest BCUT2D eigenvalue weighted by atomic mass is 10.2. The van der Waals surface area contributed by atoms with Gasteiger partial charge in [-0.05, 0) is 31.2 Å². The second-order valence-electron chi connectivity index (χ2n) is 4.17. The van der Waals surface area contributed by atoms with Gasteiger partial charge in [-0.2, -0.15) is 0 Å². The normalized spacial score (nSPS) is 11.8. The van der Waals surface area contributed by atoms with Crippen LogP contribution < -0.4 is 14.2 Å². The smallest absolute Gasteiger partial charge is 0.225 e. The van der Waals surface area contributed by atoms with Crippen molar-refractivity contribution < 1.29 is 19.3 Å². The van der Waals surface area contributed by atoms with Crippen molar-refractivity contribution in [3.63, 3.8) is 0 Å². The van der Waals surface area contributed by atoms with Gasteiger partial charge in [0.25, 0.3) is 0 Å². The Labute approximate surface area is 117 Å². The predicted octanol–water partition coefficient (Wildman–Crippen LogP) is 2.94. The third-order valence-corrected chi connectivity index (χ3v) is 2.83. The molecule has 0 radical (unpaired) electrons. The predicted molar refractivity (Wildman–Crippen MR) is 74.5 cm³/mol. The molecule has 1 aromatic heterocycles. The van der Waals surface area contributed by atoms with Crippen LogP contribution in [0.2, 0.25) is 0 Å². The summed E-state index contributed by atoms with van der Waals surface area (Å²) in [5, 5.41) is 9.75. The zero-order valence-corrected chi connectivity index (χ0v) is 11.7. The first-order valence-electron chi connectivity index (χ1n) is 6.19. The zero-order chi connectivity index (χ0) is 14.5. The molecule has 1 atom stereocenters. The van der Waals surface area contributed by atoms with E-state index in [9.17, 15) is 5.11 Å². The number of aliphatic hydroxyl groups excluding tert-OH is 1. The Morgan fingerprint density at radius 1 is 1.05 bits per heavy atom. The van der Waals surface area contributed by atoms with E-state index >= 15 is 0 Å². The van der Waals surface area contributed by atoms with Crippen molar-refractivity contribution in [3.05, 3.63) is 42.1 Å². The van der Waals surface area contributed by atoms with E-state index in [-0.39, 0.29) is 0 Å². The summed E-state index contributed by atoms with van der Waals surface area (Å²) >= 11 is 0. The molecule has 0 saturated heterocycles. The minimum Gasteiger partial charge on any atom is -0.493 e. The van der Waals surface area contributed by atoms with Crippen molar-refractivity contribution in [2.24, 2.45) is 0 Å². The molecule has 0 spiro atoms.